The normalized spacial score (nSPS) is 17.8. The Morgan fingerprint density at radius 3 is 2.17 bits per heavy atom. The van der Waals surface area contributed by atoms with Crippen molar-refractivity contribution in [3.8, 4) is 0 Å². The smallest absolute Gasteiger partial charge is 0.241 e. The van der Waals surface area contributed by atoms with Crippen LogP contribution < -0.4 is 4.72 Å². The van der Waals surface area contributed by atoms with Crippen LogP contribution in [0.25, 0.3) is 0 Å². The van der Waals surface area contributed by atoms with Crippen molar-refractivity contribution in [3.63, 3.8) is 0 Å². The Labute approximate surface area is 143 Å². The van der Waals surface area contributed by atoms with Crippen molar-refractivity contribution >= 4 is 21.6 Å². The van der Waals surface area contributed by atoms with Gasteiger partial charge in [-0.2, -0.15) is 4.72 Å². The van der Waals surface area contributed by atoms with Gasteiger partial charge in [-0.25, -0.2) is 8.42 Å². The summed E-state index contributed by atoms with van der Waals surface area (Å²) < 4.78 is 28.0. The first-order valence-electron chi connectivity index (χ1n) is 8.09. The first-order valence-corrected chi connectivity index (χ1v) is 9.57. The Morgan fingerprint density at radius 1 is 1.04 bits per heavy atom. The van der Waals surface area contributed by atoms with Gasteiger partial charge in [-0.15, -0.1) is 0 Å². The molecule has 1 N–H and O–H groups in total. The number of hydrogen-bond donors (Lipinski definition) is 1. The molecule has 1 aliphatic rings. The van der Waals surface area contributed by atoms with E-state index >= 15 is 0 Å². The molecule has 5 nitrogen and oxygen atoms in total. The summed E-state index contributed by atoms with van der Waals surface area (Å²) in [5, 5.41) is 0. The number of carbonyl (C=O) groups is 2. The summed E-state index contributed by atoms with van der Waals surface area (Å²) in [6.45, 7) is 3.23. The van der Waals surface area contributed by atoms with E-state index in [0.717, 1.165) is 24.8 Å². The zero-order chi connectivity index (χ0) is 17.8. The second-order valence-electron chi connectivity index (χ2n) is 6.37. The lowest BCUT2D eigenvalue weighted by Gasteiger charge is -2.35. The highest BCUT2D eigenvalue weighted by atomic mass is 32.2. The Morgan fingerprint density at radius 2 is 1.62 bits per heavy atom. The Hall–Kier alpha value is -1.79. The second-order valence-corrected chi connectivity index (χ2v) is 8.05. The number of sulfonamides is 1. The number of hydrogen-bond acceptors (Lipinski definition) is 4. The van der Waals surface area contributed by atoms with Gasteiger partial charge in [-0.1, -0.05) is 37.0 Å². The predicted octanol–water partition coefficient (Wildman–Crippen LogP) is 2.69. The molecule has 0 amide bonds. The molecule has 1 saturated carbocycles. The largest absolute Gasteiger partial charge is 0.295 e. The van der Waals surface area contributed by atoms with Gasteiger partial charge in [0.25, 0.3) is 0 Å². The molecule has 0 radical (unpaired) electrons. The lowest BCUT2D eigenvalue weighted by atomic mass is 9.79. The van der Waals surface area contributed by atoms with Crippen LogP contribution in [0.1, 0.15) is 44.6 Å². The van der Waals surface area contributed by atoms with Crippen molar-refractivity contribution in [2.45, 2.75) is 56.4 Å². The Bertz CT molecular complexity index is 742. The number of allylic oxidation sites excluding steroid dienone is 1. The fourth-order valence-corrected chi connectivity index (χ4v) is 4.37. The van der Waals surface area contributed by atoms with E-state index in [2.05, 4.69) is 4.72 Å². The van der Waals surface area contributed by atoms with Crippen LogP contribution in [0.4, 0.5) is 0 Å². The van der Waals surface area contributed by atoms with Gasteiger partial charge in [-0.3, -0.25) is 9.59 Å². The third-order valence-electron chi connectivity index (χ3n) is 4.31. The van der Waals surface area contributed by atoms with E-state index in [-0.39, 0.29) is 16.5 Å². The van der Waals surface area contributed by atoms with Crippen LogP contribution in [0.15, 0.2) is 41.3 Å². The number of benzene rings is 1. The van der Waals surface area contributed by atoms with Gasteiger partial charge < -0.3 is 0 Å². The van der Waals surface area contributed by atoms with Gasteiger partial charge in [0.05, 0.1) is 10.4 Å². The summed E-state index contributed by atoms with van der Waals surface area (Å²) >= 11 is 0. The van der Waals surface area contributed by atoms with Gasteiger partial charge in [-0.05, 0) is 51.0 Å². The molecular formula is C18H23NO4S. The van der Waals surface area contributed by atoms with Gasteiger partial charge in [0.1, 0.15) is 0 Å². The molecule has 24 heavy (non-hydrogen) atoms. The van der Waals surface area contributed by atoms with Crippen molar-refractivity contribution in [1.82, 2.24) is 4.72 Å². The van der Waals surface area contributed by atoms with Crippen LogP contribution in [-0.4, -0.2) is 25.5 Å². The van der Waals surface area contributed by atoms with Gasteiger partial charge in [0.15, 0.2) is 11.6 Å². The molecule has 6 heteroatoms. The van der Waals surface area contributed by atoms with E-state index in [1.807, 2.05) is 6.92 Å². The zero-order valence-corrected chi connectivity index (χ0v) is 14.9. The third kappa shape index (κ3) is 4.39. The Balaban J connectivity index is 2.33. The van der Waals surface area contributed by atoms with Crippen LogP contribution in [-0.2, 0) is 19.6 Å². The second kappa shape index (κ2) is 7.40. The van der Waals surface area contributed by atoms with Gasteiger partial charge in [0.2, 0.25) is 10.0 Å². The molecule has 1 aromatic rings. The SMILES string of the molecule is CC(=O)/C=C\C(=O)C1(NS(=O)(=O)c2ccc(C)cc2)CCCCC1. The maximum absolute atomic E-state index is 12.7. The minimum absolute atomic E-state index is 0.140. The van der Waals surface area contributed by atoms with Crippen LogP contribution >= 0.6 is 0 Å². The van der Waals surface area contributed by atoms with Crippen LogP contribution in [0, 0.1) is 6.92 Å². The van der Waals surface area contributed by atoms with E-state index in [4.69, 9.17) is 0 Å². The van der Waals surface area contributed by atoms with Gasteiger partial charge in [0, 0.05) is 0 Å². The number of ketones is 2. The van der Waals surface area contributed by atoms with Gasteiger partial charge >= 0.3 is 0 Å². The van der Waals surface area contributed by atoms with E-state index in [9.17, 15) is 18.0 Å². The molecule has 2 rings (SSSR count). The highest BCUT2D eigenvalue weighted by Crippen LogP contribution is 2.31. The van der Waals surface area contributed by atoms with E-state index in [1.165, 1.54) is 31.2 Å². The number of nitrogens with one attached hydrogen (secondary N) is 1. The minimum Gasteiger partial charge on any atom is -0.295 e. The summed E-state index contributed by atoms with van der Waals surface area (Å²) in [6, 6.07) is 6.51. The van der Waals surface area contributed by atoms with Crippen molar-refractivity contribution in [1.29, 1.82) is 0 Å². The number of rotatable bonds is 6. The predicted molar refractivity (Wildman–Crippen MR) is 92.1 cm³/mol. The van der Waals surface area contributed by atoms with Crippen molar-refractivity contribution in [2.24, 2.45) is 0 Å². The highest BCUT2D eigenvalue weighted by molar-refractivity contribution is 7.89. The number of carbonyl (C=O) groups excluding carboxylic acids is 2. The molecule has 0 atom stereocenters. The highest BCUT2D eigenvalue weighted by Gasteiger charge is 2.41. The lowest BCUT2D eigenvalue weighted by molar-refractivity contribution is -0.121. The molecule has 0 aromatic heterocycles. The topological polar surface area (TPSA) is 80.3 Å². The number of aryl methyl sites for hydroxylation is 1. The average molecular weight is 349 g/mol. The minimum atomic E-state index is -3.81. The molecular weight excluding hydrogens is 326 g/mol. The molecule has 0 saturated heterocycles. The molecule has 0 unspecified atom stereocenters. The summed E-state index contributed by atoms with van der Waals surface area (Å²) in [5.41, 5.74) is -0.199. The molecule has 0 aliphatic heterocycles. The van der Waals surface area contributed by atoms with E-state index < -0.39 is 15.6 Å². The monoisotopic (exact) mass is 349 g/mol. The first-order chi connectivity index (χ1) is 11.3. The molecule has 130 valence electrons. The fourth-order valence-electron chi connectivity index (χ4n) is 2.94. The lowest BCUT2D eigenvalue weighted by Crippen LogP contribution is -2.54. The van der Waals surface area contributed by atoms with E-state index in [1.54, 1.807) is 12.1 Å². The molecule has 0 bridgehead atoms. The quantitative estimate of drug-likeness (QED) is 0.801. The maximum atomic E-state index is 12.7. The van der Waals surface area contributed by atoms with Crippen molar-refractivity contribution in [3.05, 3.63) is 42.0 Å². The molecule has 1 aromatic carbocycles. The summed E-state index contributed by atoms with van der Waals surface area (Å²) in [7, 11) is -3.81. The summed E-state index contributed by atoms with van der Waals surface area (Å²) in [4.78, 5) is 23.9. The van der Waals surface area contributed by atoms with E-state index in [0.29, 0.717) is 12.8 Å². The molecule has 0 heterocycles. The van der Waals surface area contributed by atoms with Crippen LogP contribution in [0.5, 0.6) is 0 Å². The average Bonchev–Trinajstić information content (AvgIpc) is 2.53. The first kappa shape index (κ1) is 18.5. The van der Waals surface area contributed by atoms with Crippen molar-refractivity contribution < 1.29 is 18.0 Å². The zero-order valence-electron chi connectivity index (χ0n) is 14.0. The van der Waals surface area contributed by atoms with Crippen molar-refractivity contribution in [2.75, 3.05) is 0 Å². The Kier molecular flexibility index (Phi) is 5.72. The van der Waals surface area contributed by atoms with Crippen LogP contribution in [0.2, 0.25) is 0 Å². The third-order valence-corrected chi connectivity index (χ3v) is 5.86. The van der Waals surface area contributed by atoms with Crippen LogP contribution in [0.3, 0.4) is 0 Å². The maximum Gasteiger partial charge on any atom is 0.241 e. The fraction of sp³-hybridized carbons (Fsp3) is 0.444. The molecule has 0 spiro atoms. The summed E-state index contributed by atoms with van der Waals surface area (Å²) in [5.74, 6) is -0.594. The standard InChI is InChI=1S/C18H23NO4S/c1-14-6-9-16(10-7-14)24(22,23)19-18(12-4-3-5-13-18)17(21)11-8-15(2)20/h6-11,19H,3-5,12-13H2,1-2H3/b11-8-. The summed E-state index contributed by atoms with van der Waals surface area (Å²) in [6.07, 6.45) is 5.80. The molecule has 1 fully saturated rings. The molecule has 1 aliphatic carbocycles.